The first-order valence-electron chi connectivity index (χ1n) is 12.7. The molecule has 1 aromatic carbocycles. The molecular weight excluding hydrogens is 480 g/mol. The topological polar surface area (TPSA) is 105 Å². The van der Waals surface area contributed by atoms with Crippen molar-refractivity contribution in [2.75, 3.05) is 38.3 Å². The summed E-state index contributed by atoms with van der Waals surface area (Å²) < 4.78 is 11.3. The van der Waals surface area contributed by atoms with Gasteiger partial charge in [-0.1, -0.05) is 43.5 Å². The second-order valence-electron chi connectivity index (χ2n) is 9.33. The van der Waals surface area contributed by atoms with Crippen LogP contribution in [0.2, 0.25) is 0 Å². The molecule has 36 heavy (non-hydrogen) atoms. The summed E-state index contributed by atoms with van der Waals surface area (Å²) in [5.41, 5.74) is 3.09. The van der Waals surface area contributed by atoms with E-state index < -0.39 is 24.0 Å². The lowest BCUT2D eigenvalue weighted by molar-refractivity contribution is -0.141. The van der Waals surface area contributed by atoms with Gasteiger partial charge in [0.25, 0.3) is 0 Å². The van der Waals surface area contributed by atoms with Crippen LogP contribution in [0.15, 0.2) is 29.8 Å². The molecule has 1 aliphatic heterocycles. The van der Waals surface area contributed by atoms with Gasteiger partial charge < -0.3 is 24.8 Å². The van der Waals surface area contributed by atoms with Crippen LogP contribution in [-0.2, 0) is 19.1 Å². The molecule has 1 heterocycles. The minimum absolute atomic E-state index is 0.193. The van der Waals surface area contributed by atoms with Crippen LogP contribution in [0, 0.1) is 6.92 Å². The first-order valence-corrected chi connectivity index (χ1v) is 14.1. The lowest BCUT2D eigenvalue weighted by atomic mass is 9.90. The maximum Gasteiger partial charge on any atom is 0.410 e. The molecule has 0 aromatic heterocycles. The standard InChI is InChI=1S/C27H38N2O6S/c1-19-8-6-7-11-21(19)23-18-29(27(33)35-16-15-34-20-9-4-3-5-10-20)14-12-22(23)25(30)28-24(26(31)32)13-17-36-2/h6-8,11,20,24H,3-5,9-10,12-18H2,1-2H3,(H,28,30)(H,31,32). The van der Waals surface area contributed by atoms with E-state index in [1.54, 1.807) is 4.90 Å². The molecular formula is C27H38N2O6S. The normalized spacial score (nSPS) is 17.6. The number of carboxylic acids is 1. The molecule has 198 valence electrons. The molecule has 8 nitrogen and oxygen atoms in total. The van der Waals surface area contributed by atoms with Crippen LogP contribution in [0.1, 0.15) is 56.1 Å². The van der Waals surface area contributed by atoms with Gasteiger partial charge in [0.1, 0.15) is 12.6 Å². The molecule has 2 aliphatic rings. The maximum absolute atomic E-state index is 13.2. The van der Waals surface area contributed by atoms with Gasteiger partial charge in [-0.25, -0.2) is 9.59 Å². The smallest absolute Gasteiger partial charge is 0.410 e. The Morgan fingerprint density at radius 1 is 1.17 bits per heavy atom. The molecule has 1 aromatic rings. The van der Waals surface area contributed by atoms with Crippen molar-refractivity contribution in [3.8, 4) is 0 Å². The van der Waals surface area contributed by atoms with E-state index in [2.05, 4.69) is 5.32 Å². The average molecular weight is 519 g/mol. The Morgan fingerprint density at radius 3 is 2.61 bits per heavy atom. The molecule has 9 heteroatoms. The molecule has 0 bridgehead atoms. The molecule has 3 rings (SSSR count). The predicted molar refractivity (Wildman–Crippen MR) is 141 cm³/mol. The Balaban J connectivity index is 1.68. The summed E-state index contributed by atoms with van der Waals surface area (Å²) in [5.74, 6) is -0.812. The highest BCUT2D eigenvalue weighted by Gasteiger charge is 2.30. The summed E-state index contributed by atoms with van der Waals surface area (Å²) in [6.07, 6.45) is 8.15. The van der Waals surface area contributed by atoms with Crippen LogP contribution in [0.3, 0.4) is 0 Å². The zero-order valence-electron chi connectivity index (χ0n) is 21.3. The molecule has 1 saturated carbocycles. The quantitative estimate of drug-likeness (QED) is 0.422. The predicted octanol–water partition coefficient (Wildman–Crippen LogP) is 4.26. The van der Waals surface area contributed by atoms with Gasteiger partial charge in [-0.2, -0.15) is 11.8 Å². The van der Waals surface area contributed by atoms with E-state index in [4.69, 9.17) is 9.47 Å². The van der Waals surface area contributed by atoms with E-state index in [0.29, 0.717) is 37.3 Å². The number of hydrogen-bond donors (Lipinski definition) is 2. The van der Waals surface area contributed by atoms with E-state index in [9.17, 15) is 19.5 Å². The Bertz CT molecular complexity index is 944. The summed E-state index contributed by atoms with van der Waals surface area (Å²) in [6, 6.07) is 6.73. The zero-order chi connectivity index (χ0) is 25.9. The molecule has 0 saturated heterocycles. The van der Waals surface area contributed by atoms with E-state index in [-0.39, 0.29) is 19.3 Å². The highest BCUT2D eigenvalue weighted by Crippen LogP contribution is 2.29. The third kappa shape index (κ3) is 8.00. The van der Waals surface area contributed by atoms with Crippen LogP contribution in [-0.4, -0.2) is 78.4 Å². The van der Waals surface area contributed by atoms with E-state index in [0.717, 1.165) is 29.5 Å². The van der Waals surface area contributed by atoms with Gasteiger partial charge in [0.2, 0.25) is 5.91 Å². The fraction of sp³-hybridized carbons (Fsp3) is 0.593. The van der Waals surface area contributed by atoms with E-state index in [1.807, 2.05) is 37.4 Å². The van der Waals surface area contributed by atoms with Gasteiger partial charge in [-0.3, -0.25) is 4.79 Å². The monoisotopic (exact) mass is 518 g/mol. The lowest BCUT2D eigenvalue weighted by Crippen LogP contribution is -2.44. The third-order valence-corrected chi connectivity index (χ3v) is 7.42. The van der Waals surface area contributed by atoms with Gasteiger partial charge in [0.15, 0.2) is 0 Å². The number of aliphatic carboxylic acids is 1. The van der Waals surface area contributed by atoms with Crippen molar-refractivity contribution in [3.05, 3.63) is 41.0 Å². The highest BCUT2D eigenvalue weighted by atomic mass is 32.2. The van der Waals surface area contributed by atoms with Crippen molar-refractivity contribution in [2.24, 2.45) is 0 Å². The van der Waals surface area contributed by atoms with Gasteiger partial charge in [0, 0.05) is 12.1 Å². The number of amides is 2. The molecule has 2 amide bonds. The average Bonchev–Trinajstić information content (AvgIpc) is 2.89. The second kappa shape index (κ2) is 14.3. The summed E-state index contributed by atoms with van der Waals surface area (Å²) in [4.78, 5) is 39.3. The number of aryl methyl sites for hydroxylation is 1. The van der Waals surface area contributed by atoms with E-state index >= 15 is 0 Å². The number of nitrogens with one attached hydrogen (secondary N) is 1. The number of rotatable bonds is 11. The maximum atomic E-state index is 13.2. The molecule has 0 spiro atoms. The second-order valence-corrected chi connectivity index (χ2v) is 10.3. The minimum Gasteiger partial charge on any atom is -0.480 e. The van der Waals surface area contributed by atoms with Crippen molar-refractivity contribution in [3.63, 3.8) is 0 Å². The van der Waals surface area contributed by atoms with Crippen LogP contribution in [0.5, 0.6) is 0 Å². The number of thioether (sulfide) groups is 1. The van der Waals surface area contributed by atoms with Gasteiger partial charge in [0.05, 0.1) is 19.3 Å². The van der Waals surface area contributed by atoms with Crippen molar-refractivity contribution in [2.45, 2.75) is 64.0 Å². The summed E-state index contributed by atoms with van der Waals surface area (Å²) in [5, 5.41) is 12.3. The molecule has 1 unspecified atom stereocenters. The zero-order valence-corrected chi connectivity index (χ0v) is 22.1. The van der Waals surface area contributed by atoms with Crippen molar-refractivity contribution in [1.82, 2.24) is 10.2 Å². The Kier molecular flexibility index (Phi) is 11.1. The Labute approximate surface area is 217 Å². The molecule has 2 N–H and O–H groups in total. The number of carbonyl (C=O) groups excluding carboxylic acids is 2. The molecule has 1 fully saturated rings. The largest absolute Gasteiger partial charge is 0.480 e. The van der Waals surface area contributed by atoms with Crippen LogP contribution < -0.4 is 5.32 Å². The lowest BCUT2D eigenvalue weighted by Gasteiger charge is -2.31. The summed E-state index contributed by atoms with van der Waals surface area (Å²) in [7, 11) is 0. The summed E-state index contributed by atoms with van der Waals surface area (Å²) >= 11 is 1.54. The molecule has 1 atom stereocenters. The van der Waals surface area contributed by atoms with Crippen molar-refractivity contribution >= 4 is 35.3 Å². The highest BCUT2D eigenvalue weighted by molar-refractivity contribution is 7.98. The molecule has 0 radical (unpaired) electrons. The van der Waals surface area contributed by atoms with Crippen LogP contribution in [0.25, 0.3) is 5.57 Å². The number of ether oxygens (including phenoxy) is 2. The number of hydrogen-bond acceptors (Lipinski definition) is 6. The van der Waals surface area contributed by atoms with Crippen molar-refractivity contribution < 1.29 is 29.0 Å². The van der Waals surface area contributed by atoms with Gasteiger partial charge in [-0.15, -0.1) is 0 Å². The first kappa shape index (κ1) is 28.1. The SMILES string of the molecule is CSCCC(NC(=O)C1=C(c2ccccc2C)CN(C(=O)OCCOC2CCCCC2)CC1)C(=O)O. The third-order valence-electron chi connectivity index (χ3n) is 6.78. The van der Waals surface area contributed by atoms with Gasteiger partial charge in [-0.05, 0) is 61.3 Å². The minimum atomic E-state index is -1.05. The summed E-state index contributed by atoms with van der Waals surface area (Å²) in [6.45, 7) is 3.07. The van der Waals surface area contributed by atoms with Crippen LogP contribution >= 0.6 is 11.8 Å². The Hall–Kier alpha value is -2.52. The fourth-order valence-electron chi connectivity index (χ4n) is 4.73. The first-order chi connectivity index (χ1) is 17.4. The Morgan fingerprint density at radius 2 is 1.92 bits per heavy atom. The fourth-order valence-corrected chi connectivity index (χ4v) is 5.21. The van der Waals surface area contributed by atoms with Crippen LogP contribution in [0.4, 0.5) is 4.79 Å². The van der Waals surface area contributed by atoms with Crippen molar-refractivity contribution in [1.29, 1.82) is 0 Å². The molecule has 1 aliphatic carbocycles. The van der Waals surface area contributed by atoms with E-state index in [1.165, 1.54) is 31.0 Å². The number of carboxylic acid groups (broad SMARTS) is 1. The number of carbonyl (C=O) groups is 3. The number of nitrogens with zero attached hydrogens (tertiary/aromatic N) is 1. The number of benzene rings is 1. The van der Waals surface area contributed by atoms with Gasteiger partial charge >= 0.3 is 12.1 Å².